The van der Waals surface area contributed by atoms with Crippen LogP contribution in [0.5, 0.6) is 5.75 Å². The van der Waals surface area contributed by atoms with Crippen LogP contribution in [0.15, 0.2) is 36.9 Å². The molecule has 0 unspecified atom stereocenters. The van der Waals surface area contributed by atoms with E-state index >= 15 is 0 Å². The van der Waals surface area contributed by atoms with Gasteiger partial charge >= 0.3 is 0 Å². The van der Waals surface area contributed by atoms with Crippen LogP contribution in [0.3, 0.4) is 0 Å². The van der Waals surface area contributed by atoms with Crippen molar-refractivity contribution in [3.8, 4) is 5.75 Å². The first-order valence-electron chi connectivity index (χ1n) is 12.7. The number of hydrogen-bond acceptors (Lipinski definition) is 2. The third-order valence-electron chi connectivity index (χ3n) is 7.69. The molecule has 174 valence electrons. The van der Waals surface area contributed by atoms with Gasteiger partial charge in [0.1, 0.15) is 11.4 Å². The molecular weight excluding hydrogens is 380 g/mol. The summed E-state index contributed by atoms with van der Waals surface area (Å²) in [5.74, 6) is 4.64. The first kappa shape index (κ1) is 24.4. The predicted octanol–water partition coefficient (Wildman–Crippen LogP) is 8.32. The molecule has 2 heteroatoms. The van der Waals surface area contributed by atoms with E-state index in [1.54, 1.807) is 6.08 Å². The van der Waals surface area contributed by atoms with Crippen molar-refractivity contribution in [2.75, 3.05) is 6.61 Å². The summed E-state index contributed by atoms with van der Waals surface area (Å²) < 4.78 is 12.3. The van der Waals surface area contributed by atoms with Crippen molar-refractivity contribution < 1.29 is 9.47 Å². The van der Waals surface area contributed by atoms with E-state index in [0.717, 1.165) is 35.8 Å². The van der Waals surface area contributed by atoms with Gasteiger partial charge in [0.15, 0.2) is 0 Å². The molecule has 0 N–H and O–H groups in total. The van der Waals surface area contributed by atoms with E-state index in [2.05, 4.69) is 65.5 Å². The lowest BCUT2D eigenvalue weighted by Crippen LogP contribution is -2.39. The summed E-state index contributed by atoms with van der Waals surface area (Å²) in [6, 6.07) is 8.95. The molecule has 0 atom stereocenters. The van der Waals surface area contributed by atoms with Gasteiger partial charge in [0, 0.05) is 6.42 Å². The third-order valence-corrected chi connectivity index (χ3v) is 7.69. The molecule has 0 amide bonds. The van der Waals surface area contributed by atoms with Crippen molar-refractivity contribution in [1.82, 2.24) is 0 Å². The molecule has 0 spiro atoms. The highest BCUT2D eigenvalue weighted by molar-refractivity contribution is 5.30. The van der Waals surface area contributed by atoms with E-state index in [0.29, 0.717) is 6.61 Å². The smallest absolute Gasteiger partial charge is 0.120 e. The Kier molecular flexibility index (Phi) is 8.30. The van der Waals surface area contributed by atoms with Gasteiger partial charge in [-0.1, -0.05) is 38.0 Å². The Bertz CT molecular complexity index is 671. The molecule has 0 aromatic heterocycles. The van der Waals surface area contributed by atoms with Crippen molar-refractivity contribution in [1.29, 1.82) is 0 Å². The summed E-state index contributed by atoms with van der Waals surface area (Å²) in [5, 5.41) is 0. The maximum atomic E-state index is 6.36. The van der Waals surface area contributed by atoms with Gasteiger partial charge in [0.2, 0.25) is 0 Å². The minimum Gasteiger partial charge on any atom is -0.488 e. The zero-order valence-electron chi connectivity index (χ0n) is 20.8. The largest absolute Gasteiger partial charge is 0.488 e. The van der Waals surface area contributed by atoms with Crippen LogP contribution in [-0.2, 0) is 4.74 Å². The van der Waals surface area contributed by atoms with Gasteiger partial charge in [0.05, 0.1) is 12.2 Å². The molecule has 1 aromatic carbocycles. The van der Waals surface area contributed by atoms with E-state index in [9.17, 15) is 0 Å². The summed E-state index contributed by atoms with van der Waals surface area (Å²) in [4.78, 5) is 0. The monoisotopic (exact) mass is 426 g/mol. The lowest BCUT2D eigenvalue weighted by Gasteiger charge is -2.37. The van der Waals surface area contributed by atoms with Crippen molar-refractivity contribution in [3.63, 3.8) is 0 Å². The lowest BCUT2D eigenvalue weighted by atomic mass is 9.68. The van der Waals surface area contributed by atoms with Crippen LogP contribution in [0.2, 0.25) is 0 Å². The molecule has 0 aliphatic heterocycles. The molecule has 2 saturated carbocycles. The van der Waals surface area contributed by atoms with Gasteiger partial charge in [-0.05, 0) is 108 Å². The second kappa shape index (κ2) is 10.6. The van der Waals surface area contributed by atoms with Crippen molar-refractivity contribution in [2.24, 2.45) is 17.8 Å². The summed E-state index contributed by atoms with van der Waals surface area (Å²) in [5.41, 5.74) is 0.962. The van der Waals surface area contributed by atoms with Crippen molar-refractivity contribution in [3.05, 3.63) is 42.5 Å². The Labute approximate surface area is 191 Å². The fourth-order valence-corrected chi connectivity index (χ4v) is 6.21. The van der Waals surface area contributed by atoms with Crippen molar-refractivity contribution >= 4 is 0 Å². The summed E-state index contributed by atoms with van der Waals surface area (Å²) in [6.07, 6.45) is 14.1. The number of benzene rings is 1. The molecule has 0 heterocycles. The van der Waals surface area contributed by atoms with E-state index in [4.69, 9.17) is 9.47 Å². The minimum absolute atomic E-state index is 0.243. The molecule has 0 radical (unpaired) electrons. The van der Waals surface area contributed by atoms with E-state index in [1.807, 2.05) is 0 Å². The molecule has 1 aromatic rings. The second-order valence-corrected chi connectivity index (χ2v) is 11.6. The van der Waals surface area contributed by atoms with Gasteiger partial charge in [-0.15, -0.1) is 6.58 Å². The predicted molar refractivity (Wildman–Crippen MR) is 132 cm³/mol. The standard InChI is InChI=1S/C29H46O2/c1-7-20-30-28(3,4)21-29(5,6)31-27-18-16-26(17-19-27)25-14-12-24(13-15-25)23-10-8-22(2)9-11-23/h7,16-19,22-25H,1,8-15,20-21H2,2-6H3. The molecule has 2 aliphatic rings. The Morgan fingerprint density at radius 2 is 1.39 bits per heavy atom. The van der Waals surface area contributed by atoms with Gasteiger partial charge < -0.3 is 9.47 Å². The van der Waals surface area contributed by atoms with E-state index in [1.165, 1.54) is 56.9 Å². The van der Waals surface area contributed by atoms with Crippen LogP contribution in [0.4, 0.5) is 0 Å². The van der Waals surface area contributed by atoms with Crippen molar-refractivity contribution in [2.45, 2.75) is 110 Å². The Morgan fingerprint density at radius 1 is 0.839 bits per heavy atom. The SMILES string of the molecule is C=CCOC(C)(C)CC(C)(C)Oc1ccc(C2CCC(C3CCC(C)CC3)CC2)cc1. The van der Waals surface area contributed by atoms with Gasteiger partial charge in [-0.25, -0.2) is 0 Å². The first-order chi connectivity index (χ1) is 14.7. The summed E-state index contributed by atoms with van der Waals surface area (Å²) >= 11 is 0. The highest BCUT2D eigenvalue weighted by Gasteiger charge is 2.32. The normalized spacial score (nSPS) is 27.6. The Hall–Kier alpha value is -1.28. The number of hydrogen-bond donors (Lipinski definition) is 0. The van der Waals surface area contributed by atoms with Gasteiger partial charge in [0.25, 0.3) is 0 Å². The maximum Gasteiger partial charge on any atom is 0.120 e. The zero-order chi connectivity index (χ0) is 22.5. The van der Waals surface area contributed by atoms with Crippen LogP contribution in [0.25, 0.3) is 0 Å². The summed E-state index contributed by atoms with van der Waals surface area (Å²) in [7, 11) is 0. The second-order valence-electron chi connectivity index (χ2n) is 11.6. The topological polar surface area (TPSA) is 18.5 Å². The minimum atomic E-state index is -0.290. The van der Waals surface area contributed by atoms with Gasteiger partial charge in [-0.3, -0.25) is 0 Å². The molecule has 31 heavy (non-hydrogen) atoms. The van der Waals surface area contributed by atoms with Crippen LogP contribution in [0.1, 0.15) is 104 Å². The van der Waals surface area contributed by atoms with Crippen LogP contribution >= 0.6 is 0 Å². The number of rotatable bonds is 9. The molecule has 2 nitrogen and oxygen atoms in total. The average Bonchev–Trinajstić information content (AvgIpc) is 2.72. The molecule has 2 aliphatic carbocycles. The molecule has 0 saturated heterocycles. The molecule has 2 fully saturated rings. The molecule has 3 rings (SSSR count). The van der Waals surface area contributed by atoms with Crippen LogP contribution in [0, 0.1) is 17.8 Å². The fraction of sp³-hybridized carbons (Fsp3) is 0.724. The molecule has 0 bridgehead atoms. The van der Waals surface area contributed by atoms with E-state index < -0.39 is 0 Å². The lowest BCUT2D eigenvalue weighted by molar-refractivity contribution is -0.0545. The first-order valence-corrected chi connectivity index (χ1v) is 12.7. The Morgan fingerprint density at radius 3 is 1.94 bits per heavy atom. The molecular formula is C29H46O2. The highest BCUT2D eigenvalue weighted by atomic mass is 16.5. The quantitative estimate of drug-likeness (QED) is 0.370. The zero-order valence-corrected chi connectivity index (χ0v) is 20.8. The summed E-state index contributed by atoms with van der Waals surface area (Å²) in [6.45, 7) is 15.3. The highest BCUT2D eigenvalue weighted by Crippen LogP contribution is 2.44. The average molecular weight is 427 g/mol. The van der Waals surface area contributed by atoms with Gasteiger partial charge in [-0.2, -0.15) is 0 Å². The number of ether oxygens (including phenoxy) is 2. The Balaban J connectivity index is 1.49. The van der Waals surface area contributed by atoms with Crippen LogP contribution < -0.4 is 4.74 Å². The third kappa shape index (κ3) is 7.38. The van der Waals surface area contributed by atoms with Crippen LogP contribution in [-0.4, -0.2) is 17.8 Å². The van der Waals surface area contributed by atoms with E-state index in [-0.39, 0.29) is 11.2 Å². The fourth-order valence-electron chi connectivity index (χ4n) is 6.21. The maximum absolute atomic E-state index is 6.36.